The van der Waals surface area contributed by atoms with Crippen LogP contribution >= 0.6 is 0 Å². The molecule has 2 atom stereocenters. The van der Waals surface area contributed by atoms with Crippen molar-refractivity contribution in [2.24, 2.45) is 5.11 Å². The number of nitrogens with zero attached hydrogens (tertiary/aromatic N) is 4. The van der Waals surface area contributed by atoms with Gasteiger partial charge in [-0.25, -0.2) is 9.18 Å². The van der Waals surface area contributed by atoms with Gasteiger partial charge in [0.05, 0.1) is 12.6 Å². The number of carboxylic acid groups (broad SMARTS) is 1. The zero-order valence-corrected chi connectivity index (χ0v) is 6.09. The molecular formula is C5H7FN4O2. The molecule has 0 aromatic carbocycles. The number of carbonyl (C=O) groups is 1. The fraction of sp³-hybridized carbons (Fsp3) is 0.800. The lowest BCUT2D eigenvalue weighted by atomic mass is 10.0. The first-order chi connectivity index (χ1) is 5.66. The van der Waals surface area contributed by atoms with E-state index in [1.54, 1.807) is 0 Å². The van der Waals surface area contributed by atoms with Crippen LogP contribution in [0.5, 0.6) is 0 Å². The van der Waals surface area contributed by atoms with Gasteiger partial charge in [0.1, 0.15) is 6.17 Å². The van der Waals surface area contributed by atoms with Gasteiger partial charge in [-0.05, 0) is 5.53 Å². The minimum Gasteiger partial charge on any atom is -0.465 e. The summed E-state index contributed by atoms with van der Waals surface area (Å²) in [5, 5.41) is 11.6. The molecule has 0 aromatic heterocycles. The molecule has 0 spiro atoms. The Morgan fingerprint density at radius 1 is 1.92 bits per heavy atom. The molecule has 6 nitrogen and oxygen atoms in total. The molecule has 1 heterocycles. The summed E-state index contributed by atoms with van der Waals surface area (Å²) in [6.07, 6.45) is -2.38. The predicted molar refractivity (Wildman–Crippen MR) is 37.4 cm³/mol. The van der Waals surface area contributed by atoms with Gasteiger partial charge in [-0.3, -0.25) is 4.90 Å². The molecule has 1 rings (SSSR count). The van der Waals surface area contributed by atoms with Crippen molar-refractivity contribution in [2.45, 2.75) is 12.2 Å². The van der Waals surface area contributed by atoms with E-state index in [-0.39, 0.29) is 13.1 Å². The van der Waals surface area contributed by atoms with Crippen LogP contribution in [0.4, 0.5) is 9.18 Å². The fourth-order valence-corrected chi connectivity index (χ4v) is 1.06. The maximum Gasteiger partial charge on any atom is 0.407 e. The van der Waals surface area contributed by atoms with Crippen LogP contribution in [0.25, 0.3) is 10.4 Å². The quantitative estimate of drug-likeness (QED) is 0.384. The number of hydrogen-bond acceptors (Lipinski definition) is 2. The largest absolute Gasteiger partial charge is 0.465 e. The molecular weight excluding hydrogens is 167 g/mol. The van der Waals surface area contributed by atoms with Crippen LogP contribution in [0.3, 0.4) is 0 Å². The van der Waals surface area contributed by atoms with Gasteiger partial charge in [-0.1, -0.05) is 5.11 Å². The number of halogens is 1. The summed E-state index contributed by atoms with van der Waals surface area (Å²) >= 11 is 0. The number of hydrogen-bond donors (Lipinski definition) is 1. The second-order valence-corrected chi connectivity index (χ2v) is 2.43. The van der Waals surface area contributed by atoms with E-state index in [1.807, 2.05) is 0 Å². The fourth-order valence-electron chi connectivity index (χ4n) is 1.06. The maximum absolute atomic E-state index is 12.6. The van der Waals surface area contributed by atoms with Gasteiger partial charge in [-0.2, -0.15) is 0 Å². The Bertz CT molecular complexity index is 240. The van der Waals surface area contributed by atoms with Crippen molar-refractivity contribution >= 4 is 6.09 Å². The van der Waals surface area contributed by atoms with Gasteiger partial charge in [0.25, 0.3) is 0 Å². The summed E-state index contributed by atoms with van der Waals surface area (Å²) in [5.41, 5.74) is 7.92. The Morgan fingerprint density at radius 3 is 3.00 bits per heavy atom. The molecule has 1 aliphatic heterocycles. The Kier molecular flexibility index (Phi) is 2.35. The summed E-state index contributed by atoms with van der Waals surface area (Å²) in [6, 6.07) is -0.793. The van der Waals surface area contributed by atoms with Gasteiger partial charge >= 0.3 is 6.09 Å². The SMILES string of the molecule is [N-]=[N+]=NC[C@@H]1[C@H](F)CN1C(=O)O. The van der Waals surface area contributed by atoms with Crippen LogP contribution in [0.2, 0.25) is 0 Å². The molecule has 12 heavy (non-hydrogen) atoms. The molecule has 1 amide bonds. The van der Waals surface area contributed by atoms with Crippen molar-refractivity contribution in [2.75, 3.05) is 13.1 Å². The molecule has 1 aliphatic rings. The predicted octanol–water partition coefficient (Wildman–Crippen LogP) is 0.997. The lowest BCUT2D eigenvalue weighted by Gasteiger charge is -2.40. The average Bonchev–Trinajstić information content (AvgIpc) is 2.00. The first-order valence-corrected chi connectivity index (χ1v) is 3.31. The molecule has 0 aliphatic carbocycles. The van der Waals surface area contributed by atoms with E-state index in [0.29, 0.717) is 0 Å². The van der Waals surface area contributed by atoms with Crippen molar-refractivity contribution in [1.29, 1.82) is 0 Å². The number of likely N-dealkylation sites (tertiary alicyclic amines) is 1. The Balaban J connectivity index is 2.49. The highest BCUT2D eigenvalue weighted by Gasteiger charge is 2.41. The van der Waals surface area contributed by atoms with Gasteiger partial charge in [0.15, 0.2) is 0 Å². The van der Waals surface area contributed by atoms with E-state index in [9.17, 15) is 9.18 Å². The second-order valence-electron chi connectivity index (χ2n) is 2.43. The third-order valence-electron chi connectivity index (χ3n) is 1.77. The number of alkyl halides is 1. The van der Waals surface area contributed by atoms with Crippen molar-refractivity contribution < 1.29 is 14.3 Å². The van der Waals surface area contributed by atoms with Crippen LogP contribution in [0.1, 0.15) is 0 Å². The van der Waals surface area contributed by atoms with Crippen LogP contribution in [-0.2, 0) is 0 Å². The molecule has 7 heteroatoms. The summed E-state index contributed by atoms with van der Waals surface area (Å²) in [4.78, 5) is 13.7. The van der Waals surface area contributed by atoms with E-state index in [2.05, 4.69) is 10.0 Å². The topological polar surface area (TPSA) is 89.3 Å². The Hall–Kier alpha value is -1.49. The monoisotopic (exact) mass is 174 g/mol. The van der Waals surface area contributed by atoms with Crippen LogP contribution in [0.15, 0.2) is 5.11 Å². The van der Waals surface area contributed by atoms with E-state index < -0.39 is 18.3 Å². The first-order valence-electron chi connectivity index (χ1n) is 3.31. The van der Waals surface area contributed by atoms with Gasteiger partial charge in [0.2, 0.25) is 0 Å². The molecule has 0 bridgehead atoms. The van der Waals surface area contributed by atoms with Crippen LogP contribution in [0, 0.1) is 0 Å². The molecule has 0 aromatic rings. The smallest absolute Gasteiger partial charge is 0.407 e. The number of azide groups is 1. The highest BCUT2D eigenvalue weighted by atomic mass is 19.1. The van der Waals surface area contributed by atoms with Gasteiger partial charge in [0, 0.05) is 11.5 Å². The van der Waals surface area contributed by atoms with E-state index in [0.717, 1.165) is 4.90 Å². The molecule has 1 saturated heterocycles. The lowest BCUT2D eigenvalue weighted by molar-refractivity contribution is 0.00671. The summed E-state index contributed by atoms with van der Waals surface area (Å²) in [6.45, 7) is -0.259. The van der Waals surface area contributed by atoms with Crippen molar-refractivity contribution in [3.8, 4) is 0 Å². The van der Waals surface area contributed by atoms with Crippen molar-refractivity contribution in [1.82, 2.24) is 4.90 Å². The zero-order chi connectivity index (χ0) is 9.14. The maximum atomic E-state index is 12.6. The molecule has 0 saturated carbocycles. The highest BCUT2D eigenvalue weighted by molar-refractivity contribution is 5.67. The van der Waals surface area contributed by atoms with Crippen LogP contribution < -0.4 is 0 Å². The number of rotatable bonds is 2. The summed E-state index contributed by atoms with van der Waals surface area (Å²) in [5.74, 6) is 0. The number of amides is 1. The summed E-state index contributed by atoms with van der Waals surface area (Å²) in [7, 11) is 0. The lowest BCUT2D eigenvalue weighted by Crippen LogP contribution is -2.61. The van der Waals surface area contributed by atoms with Gasteiger partial charge < -0.3 is 5.11 Å². The van der Waals surface area contributed by atoms with E-state index in [4.69, 9.17) is 10.6 Å². The average molecular weight is 174 g/mol. The molecule has 1 fully saturated rings. The summed E-state index contributed by atoms with van der Waals surface area (Å²) < 4.78 is 12.6. The third kappa shape index (κ3) is 1.40. The highest BCUT2D eigenvalue weighted by Crippen LogP contribution is 2.21. The molecule has 1 N–H and O–H groups in total. The normalized spacial score (nSPS) is 27.2. The van der Waals surface area contributed by atoms with E-state index in [1.165, 1.54) is 0 Å². The Morgan fingerprint density at radius 2 is 2.58 bits per heavy atom. The molecule has 66 valence electrons. The minimum atomic E-state index is -1.20. The van der Waals surface area contributed by atoms with Crippen molar-refractivity contribution in [3.63, 3.8) is 0 Å². The second kappa shape index (κ2) is 3.27. The van der Waals surface area contributed by atoms with Gasteiger partial charge in [-0.15, -0.1) is 0 Å². The third-order valence-corrected chi connectivity index (χ3v) is 1.77. The van der Waals surface area contributed by atoms with Crippen molar-refractivity contribution in [3.05, 3.63) is 10.4 Å². The molecule has 0 radical (unpaired) electrons. The zero-order valence-electron chi connectivity index (χ0n) is 6.09. The first kappa shape index (κ1) is 8.61. The van der Waals surface area contributed by atoms with Crippen LogP contribution in [-0.4, -0.2) is 41.4 Å². The minimum absolute atomic E-state index is 0.124. The standard InChI is InChI=1S/C5H7FN4O2/c6-3-2-10(5(11)12)4(3)1-8-9-7/h3-4H,1-2H2,(H,11,12)/t3-,4-/m1/s1. The van der Waals surface area contributed by atoms with E-state index >= 15 is 0 Å². The molecule has 0 unspecified atom stereocenters. The Labute approximate surface area is 67.2 Å².